The number of ketones is 1. The fourth-order valence-corrected chi connectivity index (χ4v) is 2.78. The van der Waals surface area contributed by atoms with Gasteiger partial charge < -0.3 is 15.2 Å². The van der Waals surface area contributed by atoms with Crippen molar-refractivity contribution in [2.24, 2.45) is 0 Å². The summed E-state index contributed by atoms with van der Waals surface area (Å²) in [7, 11) is 3.07. The molecule has 0 radical (unpaired) electrons. The zero-order valence-electron chi connectivity index (χ0n) is 12.1. The van der Waals surface area contributed by atoms with Gasteiger partial charge in [0.1, 0.15) is 11.5 Å². The third-order valence-electron chi connectivity index (χ3n) is 3.24. The number of hydrogen-bond acceptors (Lipinski definition) is 4. The van der Waals surface area contributed by atoms with Gasteiger partial charge in [-0.2, -0.15) is 0 Å². The van der Waals surface area contributed by atoms with E-state index in [1.165, 1.54) is 7.11 Å². The lowest BCUT2D eigenvalue weighted by Gasteiger charge is -2.14. The van der Waals surface area contributed by atoms with Gasteiger partial charge in [-0.25, -0.2) is 0 Å². The van der Waals surface area contributed by atoms with Gasteiger partial charge in [0.05, 0.1) is 19.8 Å². The van der Waals surface area contributed by atoms with Crippen molar-refractivity contribution in [2.45, 2.75) is 6.92 Å². The van der Waals surface area contributed by atoms with Crippen LogP contribution in [0.5, 0.6) is 11.5 Å². The van der Waals surface area contributed by atoms with E-state index in [1.54, 1.807) is 25.3 Å². The van der Waals surface area contributed by atoms with Crippen molar-refractivity contribution in [1.82, 2.24) is 0 Å². The number of hydrogen-bond donors (Lipinski definition) is 1. The van der Waals surface area contributed by atoms with Crippen LogP contribution in [0, 0.1) is 6.92 Å². The highest BCUT2D eigenvalue weighted by atomic mass is 79.9. The Morgan fingerprint density at radius 3 is 2.43 bits per heavy atom. The number of methoxy groups -OCH3 is 2. The van der Waals surface area contributed by atoms with Crippen LogP contribution in [0.3, 0.4) is 0 Å². The molecule has 0 unspecified atom stereocenters. The first-order chi connectivity index (χ1) is 9.99. The summed E-state index contributed by atoms with van der Waals surface area (Å²) in [5.41, 5.74) is 8.15. The summed E-state index contributed by atoms with van der Waals surface area (Å²) in [5.74, 6) is 0.860. The van der Waals surface area contributed by atoms with Crippen molar-refractivity contribution in [2.75, 3.05) is 20.0 Å². The standard InChI is InChI=1S/C16H16BrNO3/c1-9-5-4-6-12(18)14(9)16(19)15-11(17)7-10(20-2)8-13(15)21-3/h4-8H,18H2,1-3H3. The number of halogens is 1. The predicted octanol–water partition coefficient (Wildman–Crippen LogP) is 3.59. The second-order valence-electron chi connectivity index (χ2n) is 4.55. The van der Waals surface area contributed by atoms with Crippen molar-refractivity contribution in [3.63, 3.8) is 0 Å². The highest BCUT2D eigenvalue weighted by Gasteiger charge is 2.22. The molecule has 0 atom stereocenters. The molecular weight excluding hydrogens is 334 g/mol. The van der Waals surface area contributed by atoms with Gasteiger partial charge in [-0.05, 0) is 40.5 Å². The monoisotopic (exact) mass is 349 g/mol. The van der Waals surface area contributed by atoms with E-state index in [1.807, 2.05) is 19.1 Å². The van der Waals surface area contributed by atoms with E-state index < -0.39 is 0 Å². The van der Waals surface area contributed by atoms with Crippen molar-refractivity contribution < 1.29 is 14.3 Å². The summed E-state index contributed by atoms with van der Waals surface area (Å²) in [4.78, 5) is 12.9. The molecule has 2 N–H and O–H groups in total. The Bertz CT molecular complexity index is 678. The van der Waals surface area contributed by atoms with Gasteiger partial charge in [0.15, 0.2) is 5.78 Å². The third-order valence-corrected chi connectivity index (χ3v) is 3.87. The topological polar surface area (TPSA) is 61.5 Å². The maximum absolute atomic E-state index is 12.9. The largest absolute Gasteiger partial charge is 0.497 e. The van der Waals surface area contributed by atoms with Crippen LogP contribution in [0.25, 0.3) is 0 Å². The number of rotatable bonds is 4. The summed E-state index contributed by atoms with van der Waals surface area (Å²) < 4.78 is 11.1. The maximum atomic E-state index is 12.9. The highest BCUT2D eigenvalue weighted by Crippen LogP contribution is 2.35. The van der Waals surface area contributed by atoms with Gasteiger partial charge in [0, 0.05) is 21.8 Å². The molecule has 2 rings (SSSR count). The molecule has 0 aliphatic rings. The van der Waals surface area contributed by atoms with Crippen LogP contribution in [0.2, 0.25) is 0 Å². The summed E-state index contributed by atoms with van der Waals surface area (Å²) in [6.07, 6.45) is 0. The van der Waals surface area contributed by atoms with Crippen LogP contribution in [-0.4, -0.2) is 20.0 Å². The molecule has 4 nitrogen and oxygen atoms in total. The summed E-state index contributed by atoms with van der Waals surface area (Å²) in [6.45, 7) is 1.85. The van der Waals surface area contributed by atoms with Crippen molar-refractivity contribution in [1.29, 1.82) is 0 Å². The summed E-state index contributed by atoms with van der Waals surface area (Å²) >= 11 is 3.40. The number of aryl methyl sites for hydroxylation is 1. The normalized spacial score (nSPS) is 10.3. The van der Waals surface area contributed by atoms with Crippen LogP contribution in [0.1, 0.15) is 21.5 Å². The van der Waals surface area contributed by atoms with Crippen molar-refractivity contribution >= 4 is 27.4 Å². The SMILES string of the molecule is COc1cc(Br)c(C(=O)c2c(C)cccc2N)c(OC)c1. The van der Waals surface area contributed by atoms with Gasteiger partial charge in [-0.1, -0.05) is 12.1 Å². The van der Waals surface area contributed by atoms with Gasteiger partial charge in [-0.3, -0.25) is 4.79 Å². The number of carbonyl (C=O) groups excluding carboxylic acids is 1. The predicted molar refractivity (Wildman–Crippen MR) is 86.3 cm³/mol. The third kappa shape index (κ3) is 2.88. The molecule has 0 saturated carbocycles. The number of nitrogen functional groups attached to an aromatic ring is 1. The summed E-state index contributed by atoms with van der Waals surface area (Å²) in [5, 5.41) is 0. The first kappa shape index (κ1) is 15.4. The van der Waals surface area contributed by atoms with E-state index >= 15 is 0 Å². The van der Waals surface area contributed by atoms with Crippen LogP contribution in [-0.2, 0) is 0 Å². The molecule has 5 heteroatoms. The van der Waals surface area contributed by atoms with E-state index in [-0.39, 0.29) is 5.78 Å². The fourth-order valence-electron chi connectivity index (χ4n) is 2.18. The molecule has 0 saturated heterocycles. The average molecular weight is 350 g/mol. The second-order valence-corrected chi connectivity index (χ2v) is 5.41. The first-order valence-electron chi connectivity index (χ1n) is 6.31. The van der Waals surface area contributed by atoms with Crippen LogP contribution >= 0.6 is 15.9 Å². The molecule has 0 fully saturated rings. The highest BCUT2D eigenvalue weighted by molar-refractivity contribution is 9.10. The lowest BCUT2D eigenvalue weighted by molar-refractivity contribution is 0.103. The van der Waals surface area contributed by atoms with E-state index in [0.29, 0.717) is 32.8 Å². The quantitative estimate of drug-likeness (QED) is 0.676. The maximum Gasteiger partial charge on any atom is 0.200 e. The van der Waals surface area contributed by atoms with Crippen molar-refractivity contribution in [3.8, 4) is 11.5 Å². The van der Waals surface area contributed by atoms with Gasteiger partial charge >= 0.3 is 0 Å². The number of benzene rings is 2. The zero-order valence-corrected chi connectivity index (χ0v) is 13.7. The Morgan fingerprint density at radius 1 is 1.14 bits per heavy atom. The Labute approximate surface area is 132 Å². The van der Waals surface area contributed by atoms with Crippen LogP contribution in [0.15, 0.2) is 34.8 Å². The molecule has 0 aliphatic heterocycles. The molecule has 2 aromatic carbocycles. The number of anilines is 1. The van der Waals surface area contributed by atoms with Crippen molar-refractivity contribution in [3.05, 3.63) is 51.5 Å². The average Bonchev–Trinajstić information content (AvgIpc) is 2.45. The molecule has 0 aliphatic carbocycles. The van der Waals surface area contributed by atoms with Gasteiger partial charge in [0.2, 0.25) is 0 Å². The Hall–Kier alpha value is -2.01. The van der Waals surface area contributed by atoms with E-state index in [4.69, 9.17) is 15.2 Å². The molecule has 21 heavy (non-hydrogen) atoms. The molecule has 0 amide bonds. The van der Waals surface area contributed by atoms with Gasteiger partial charge in [-0.15, -0.1) is 0 Å². The van der Waals surface area contributed by atoms with E-state index in [2.05, 4.69) is 15.9 Å². The number of nitrogens with two attached hydrogens (primary N) is 1. The Balaban J connectivity index is 2.64. The molecular formula is C16H16BrNO3. The van der Waals surface area contributed by atoms with E-state index in [0.717, 1.165) is 5.56 Å². The number of carbonyl (C=O) groups is 1. The molecule has 0 aromatic heterocycles. The Kier molecular flexibility index (Phi) is 4.53. The molecule has 110 valence electrons. The zero-order chi connectivity index (χ0) is 15.6. The lowest BCUT2D eigenvalue weighted by atomic mass is 9.96. The minimum atomic E-state index is -0.183. The van der Waals surface area contributed by atoms with Crippen LogP contribution < -0.4 is 15.2 Å². The molecule has 2 aromatic rings. The fraction of sp³-hybridized carbons (Fsp3) is 0.188. The second kappa shape index (κ2) is 6.18. The van der Waals surface area contributed by atoms with Crippen LogP contribution in [0.4, 0.5) is 5.69 Å². The minimum absolute atomic E-state index is 0.183. The summed E-state index contributed by atoms with van der Waals surface area (Å²) in [6, 6.07) is 8.79. The minimum Gasteiger partial charge on any atom is -0.497 e. The number of ether oxygens (including phenoxy) is 2. The first-order valence-corrected chi connectivity index (χ1v) is 7.10. The lowest BCUT2D eigenvalue weighted by Crippen LogP contribution is -2.10. The Morgan fingerprint density at radius 2 is 1.86 bits per heavy atom. The molecule has 0 heterocycles. The van der Waals surface area contributed by atoms with Gasteiger partial charge in [0.25, 0.3) is 0 Å². The molecule has 0 spiro atoms. The molecule has 0 bridgehead atoms. The van der Waals surface area contributed by atoms with E-state index in [9.17, 15) is 4.79 Å². The smallest absolute Gasteiger partial charge is 0.200 e.